The van der Waals surface area contributed by atoms with Crippen molar-refractivity contribution in [2.75, 3.05) is 5.32 Å². The van der Waals surface area contributed by atoms with E-state index in [-0.39, 0.29) is 11.8 Å². The predicted molar refractivity (Wildman–Crippen MR) is 116 cm³/mol. The molecule has 0 spiro atoms. The summed E-state index contributed by atoms with van der Waals surface area (Å²) in [5, 5.41) is 5.30. The Morgan fingerprint density at radius 1 is 0.935 bits per heavy atom. The van der Waals surface area contributed by atoms with Crippen LogP contribution >= 0.6 is 0 Å². The van der Waals surface area contributed by atoms with Crippen LogP contribution in [0.3, 0.4) is 0 Å². The molecular formula is C23H27N3O5. The molecule has 0 saturated heterocycles. The molecule has 2 atom stereocenters. The normalized spacial score (nSPS) is 12.5. The van der Waals surface area contributed by atoms with Gasteiger partial charge in [0.05, 0.1) is 0 Å². The van der Waals surface area contributed by atoms with E-state index in [2.05, 4.69) is 10.6 Å². The van der Waals surface area contributed by atoms with Crippen molar-refractivity contribution in [2.24, 2.45) is 11.7 Å². The third kappa shape index (κ3) is 6.40. The standard InChI is InChI=1S/C23H27N3O5/c1-13(2)19(26-22(29)18-8-6-5-7-14(18)3)23(30)31-15(4)21(28)25-17-11-9-16(10-12-17)20(24)27/h5-13,15,19H,1-4H3,(H2,24,27)(H,25,28)(H,26,29)/t15-,19-/m0/s1. The van der Waals surface area contributed by atoms with Crippen molar-refractivity contribution < 1.29 is 23.9 Å². The van der Waals surface area contributed by atoms with E-state index in [1.165, 1.54) is 31.2 Å². The number of nitrogens with one attached hydrogen (secondary N) is 2. The smallest absolute Gasteiger partial charge is 0.329 e. The summed E-state index contributed by atoms with van der Waals surface area (Å²) in [6.45, 7) is 6.79. The number of carbonyl (C=O) groups is 4. The number of primary amides is 1. The van der Waals surface area contributed by atoms with Crippen molar-refractivity contribution in [3.8, 4) is 0 Å². The molecule has 0 saturated carbocycles. The maximum atomic E-state index is 12.7. The minimum absolute atomic E-state index is 0.253. The van der Waals surface area contributed by atoms with Crippen LogP contribution in [0.1, 0.15) is 47.1 Å². The number of esters is 1. The molecule has 0 aliphatic heterocycles. The van der Waals surface area contributed by atoms with Crippen molar-refractivity contribution in [3.63, 3.8) is 0 Å². The van der Waals surface area contributed by atoms with Gasteiger partial charge in [0, 0.05) is 16.8 Å². The maximum Gasteiger partial charge on any atom is 0.329 e. The Kier molecular flexibility index (Phi) is 7.90. The monoisotopic (exact) mass is 425 g/mol. The van der Waals surface area contributed by atoms with Crippen LogP contribution < -0.4 is 16.4 Å². The highest BCUT2D eigenvalue weighted by molar-refractivity contribution is 5.99. The lowest BCUT2D eigenvalue weighted by Crippen LogP contribution is -2.47. The first-order chi connectivity index (χ1) is 14.6. The summed E-state index contributed by atoms with van der Waals surface area (Å²) in [5.41, 5.74) is 7.16. The molecule has 8 heteroatoms. The minimum atomic E-state index is -1.10. The van der Waals surface area contributed by atoms with Crippen molar-refractivity contribution in [1.29, 1.82) is 0 Å². The van der Waals surface area contributed by atoms with Gasteiger partial charge in [0.2, 0.25) is 5.91 Å². The Bertz CT molecular complexity index is 969. The van der Waals surface area contributed by atoms with E-state index in [0.29, 0.717) is 16.8 Å². The fraction of sp³-hybridized carbons (Fsp3) is 0.304. The molecule has 0 bridgehead atoms. The molecule has 0 aliphatic carbocycles. The molecule has 31 heavy (non-hydrogen) atoms. The van der Waals surface area contributed by atoms with E-state index < -0.39 is 29.9 Å². The van der Waals surface area contributed by atoms with Gasteiger partial charge in [-0.1, -0.05) is 32.0 Å². The Labute approximate surface area is 181 Å². The number of rotatable bonds is 8. The lowest BCUT2D eigenvalue weighted by atomic mass is 10.0. The van der Waals surface area contributed by atoms with Crippen LogP contribution in [-0.2, 0) is 14.3 Å². The topological polar surface area (TPSA) is 128 Å². The van der Waals surface area contributed by atoms with E-state index >= 15 is 0 Å². The first kappa shape index (κ1) is 23.6. The number of hydrogen-bond acceptors (Lipinski definition) is 5. The van der Waals surface area contributed by atoms with Crippen LogP contribution in [0.15, 0.2) is 48.5 Å². The fourth-order valence-electron chi connectivity index (χ4n) is 2.81. The Morgan fingerprint density at radius 3 is 2.10 bits per heavy atom. The fourth-order valence-corrected chi connectivity index (χ4v) is 2.81. The zero-order valence-electron chi connectivity index (χ0n) is 18.0. The number of ether oxygens (including phenoxy) is 1. The zero-order valence-corrected chi connectivity index (χ0v) is 18.0. The molecule has 2 aromatic carbocycles. The average molecular weight is 425 g/mol. The van der Waals surface area contributed by atoms with E-state index in [1.807, 2.05) is 6.07 Å². The molecule has 0 unspecified atom stereocenters. The summed E-state index contributed by atoms with van der Waals surface area (Å²) in [6, 6.07) is 12.1. The summed E-state index contributed by atoms with van der Waals surface area (Å²) in [7, 11) is 0. The van der Waals surface area contributed by atoms with E-state index in [9.17, 15) is 19.2 Å². The highest BCUT2D eigenvalue weighted by Gasteiger charge is 2.29. The van der Waals surface area contributed by atoms with Gasteiger partial charge in [0.15, 0.2) is 6.10 Å². The number of benzene rings is 2. The summed E-state index contributed by atoms with van der Waals surface area (Å²) >= 11 is 0. The van der Waals surface area contributed by atoms with Crippen molar-refractivity contribution in [3.05, 3.63) is 65.2 Å². The van der Waals surface area contributed by atoms with Crippen molar-refractivity contribution in [2.45, 2.75) is 39.8 Å². The highest BCUT2D eigenvalue weighted by atomic mass is 16.5. The lowest BCUT2D eigenvalue weighted by Gasteiger charge is -2.23. The second-order valence-electron chi connectivity index (χ2n) is 7.52. The lowest BCUT2D eigenvalue weighted by molar-refractivity contribution is -0.156. The molecule has 3 amide bonds. The quantitative estimate of drug-likeness (QED) is 0.560. The van der Waals surface area contributed by atoms with Gasteiger partial charge < -0.3 is 21.1 Å². The number of anilines is 1. The average Bonchev–Trinajstić information content (AvgIpc) is 2.72. The molecule has 0 heterocycles. The summed E-state index contributed by atoms with van der Waals surface area (Å²) in [4.78, 5) is 48.7. The van der Waals surface area contributed by atoms with Crippen molar-refractivity contribution in [1.82, 2.24) is 5.32 Å². The van der Waals surface area contributed by atoms with Gasteiger partial charge in [0.1, 0.15) is 6.04 Å². The van der Waals surface area contributed by atoms with Gasteiger partial charge in [-0.3, -0.25) is 14.4 Å². The molecule has 2 aromatic rings. The van der Waals surface area contributed by atoms with Gasteiger partial charge >= 0.3 is 5.97 Å². The van der Waals surface area contributed by atoms with Gasteiger partial charge in [-0.15, -0.1) is 0 Å². The van der Waals surface area contributed by atoms with E-state index in [0.717, 1.165) is 5.56 Å². The largest absolute Gasteiger partial charge is 0.451 e. The highest BCUT2D eigenvalue weighted by Crippen LogP contribution is 2.13. The molecule has 164 valence electrons. The molecular weight excluding hydrogens is 398 g/mol. The summed E-state index contributed by atoms with van der Waals surface area (Å²) < 4.78 is 5.30. The molecule has 8 nitrogen and oxygen atoms in total. The Balaban J connectivity index is 2.00. The number of aryl methyl sites for hydroxylation is 1. The molecule has 4 N–H and O–H groups in total. The zero-order chi connectivity index (χ0) is 23.1. The number of amides is 3. The van der Waals surface area contributed by atoms with Crippen LogP contribution in [0.4, 0.5) is 5.69 Å². The molecule has 0 fully saturated rings. The van der Waals surface area contributed by atoms with Gasteiger partial charge in [-0.05, 0) is 55.7 Å². The second-order valence-corrected chi connectivity index (χ2v) is 7.52. The number of nitrogens with two attached hydrogens (primary N) is 1. The number of carbonyl (C=O) groups excluding carboxylic acids is 4. The third-order valence-electron chi connectivity index (χ3n) is 4.70. The SMILES string of the molecule is Cc1ccccc1C(=O)N[C@H](C(=O)O[C@@H](C)C(=O)Nc1ccc(C(N)=O)cc1)C(C)C. The first-order valence-corrected chi connectivity index (χ1v) is 9.88. The van der Waals surface area contributed by atoms with E-state index in [1.54, 1.807) is 39.0 Å². The third-order valence-corrected chi connectivity index (χ3v) is 4.70. The minimum Gasteiger partial charge on any atom is -0.451 e. The van der Waals surface area contributed by atoms with Gasteiger partial charge in [-0.2, -0.15) is 0 Å². The predicted octanol–water partition coefficient (Wildman–Crippen LogP) is 2.42. The molecule has 0 radical (unpaired) electrons. The first-order valence-electron chi connectivity index (χ1n) is 9.88. The summed E-state index contributed by atoms with van der Waals surface area (Å²) in [5.74, 6) is -2.47. The van der Waals surface area contributed by atoms with Crippen LogP contribution in [0.2, 0.25) is 0 Å². The van der Waals surface area contributed by atoms with Crippen LogP contribution in [-0.4, -0.2) is 35.8 Å². The van der Waals surface area contributed by atoms with Crippen LogP contribution in [0.25, 0.3) is 0 Å². The Hall–Kier alpha value is -3.68. The van der Waals surface area contributed by atoms with Gasteiger partial charge in [-0.25, -0.2) is 4.79 Å². The Morgan fingerprint density at radius 2 is 1.55 bits per heavy atom. The molecule has 0 aromatic heterocycles. The van der Waals surface area contributed by atoms with Crippen molar-refractivity contribution >= 4 is 29.4 Å². The molecule has 2 rings (SSSR count). The molecule has 0 aliphatic rings. The summed E-state index contributed by atoms with van der Waals surface area (Å²) in [6.07, 6.45) is -1.10. The van der Waals surface area contributed by atoms with Gasteiger partial charge in [0.25, 0.3) is 11.8 Å². The van der Waals surface area contributed by atoms with E-state index in [4.69, 9.17) is 10.5 Å². The number of hydrogen-bond donors (Lipinski definition) is 3. The van der Waals surface area contributed by atoms with Crippen LogP contribution in [0.5, 0.6) is 0 Å². The van der Waals surface area contributed by atoms with Crippen LogP contribution in [0, 0.1) is 12.8 Å². The second kappa shape index (κ2) is 10.4. The maximum absolute atomic E-state index is 12.7.